The summed E-state index contributed by atoms with van der Waals surface area (Å²) in [5, 5.41) is 3.09. The molecule has 1 aromatic heterocycles. The minimum Gasteiger partial charge on any atom is -0.483 e. The van der Waals surface area contributed by atoms with E-state index >= 15 is 0 Å². The molecule has 1 heterocycles. The number of benzene rings is 1. The Balaban J connectivity index is 1.90. The molecule has 1 N–H and O–H groups in total. The largest absolute Gasteiger partial charge is 0.483 e. The second kappa shape index (κ2) is 6.95. The van der Waals surface area contributed by atoms with Crippen molar-refractivity contribution in [1.82, 2.24) is 5.32 Å². The van der Waals surface area contributed by atoms with Crippen LogP contribution in [0, 0.1) is 0 Å². The average Bonchev–Trinajstić information content (AvgIpc) is 2.97. The van der Waals surface area contributed by atoms with Crippen LogP contribution in [0.2, 0.25) is 5.02 Å². The van der Waals surface area contributed by atoms with Crippen molar-refractivity contribution in [1.29, 1.82) is 0 Å². The molecule has 0 atom stereocenters. The lowest BCUT2D eigenvalue weighted by atomic mass is 10.1. The minimum atomic E-state index is -0.309. The van der Waals surface area contributed by atoms with Crippen LogP contribution in [-0.2, 0) is 11.3 Å². The van der Waals surface area contributed by atoms with Crippen LogP contribution in [0.1, 0.15) is 23.0 Å². The summed E-state index contributed by atoms with van der Waals surface area (Å²) in [6.45, 7) is 1.51. The van der Waals surface area contributed by atoms with Crippen LogP contribution in [0.4, 0.5) is 0 Å². The van der Waals surface area contributed by atoms with Crippen molar-refractivity contribution >= 4 is 23.3 Å². The maximum atomic E-state index is 11.7. The van der Waals surface area contributed by atoms with Crippen LogP contribution in [0.25, 0.3) is 0 Å². The molecule has 6 heteroatoms. The van der Waals surface area contributed by atoms with Crippen LogP contribution in [-0.4, -0.2) is 18.3 Å². The maximum absolute atomic E-state index is 11.7. The molecule has 0 unspecified atom stereocenters. The molecular formula is C15H14ClNO4. The van der Waals surface area contributed by atoms with Crippen molar-refractivity contribution in [3.63, 3.8) is 0 Å². The zero-order valence-electron chi connectivity index (χ0n) is 11.4. The van der Waals surface area contributed by atoms with Crippen molar-refractivity contribution in [2.75, 3.05) is 6.61 Å². The van der Waals surface area contributed by atoms with E-state index in [9.17, 15) is 9.59 Å². The van der Waals surface area contributed by atoms with Gasteiger partial charge in [0.25, 0.3) is 5.91 Å². The first-order valence-corrected chi connectivity index (χ1v) is 6.66. The summed E-state index contributed by atoms with van der Waals surface area (Å²) in [4.78, 5) is 23.2. The number of ketones is 1. The maximum Gasteiger partial charge on any atom is 0.258 e. The molecule has 1 amide bonds. The Hall–Kier alpha value is -2.27. The van der Waals surface area contributed by atoms with Gasteiger partial charge in [0.1, 0.15) is 11.5 Å². The molecule has 2 rings (SSSR count). The summed E-state index contributed by atoms with van der Waals surface area (Å²) in [6, 6.07) is 8.18. The number of hydrogen-bond donors (Lipinski definition) is 1. The molecule has 21 heavy (non-hydrogen) atoms. The number of furan rings is 1. The van der Waals surface area contributed by atoms with Gasteiger partial charge in [-0.25, -0.2) is 0 Å². The van der Waals surface area contributed by atoms with Gasteiger partial charge in [0.15, 0.2) is 12.4 Å². The number of Topliss-reactive ketones (excluding diaryl/α,β-unsaturated/α-hetero) is 1. The van der Waals surface area contributed by atoms with Crippen LogP contribution in [0.15, 0.2) is 41.0 Å². The van der Waals surface area contributed by atoms with Crippen molar-refractivity contribution in [2.24, 2.45) is 0 Å². The van der Waals surface area contributed by atoms with Crippen molar-refractivity contribution in [3.8, 4) is 5.75 Å². The van der Waals surface area contributed by atoms with Crippen molar-refractivity contribution in [2.45, 2.75) is 13.5 Å². The van der Waals surface area contributed by atoms with E-state index in [1.54, 1.807) is 24.3 Å². The highest BCUT2D eigenvalue weighted by Crippen LogP contribution is 2.23. The molecular weight excluding hydrogens is 294 g/mol. The molecule has 0 radical (unpaired) electrons. The molecule has 0 aliphatic heterocycles. The van der Waals surface area contributed by atoms with Crippen molar-refractivity contribution < 1.29 is 18.7 Å². The number of nitrogens with one attached hydrogen (secondary N) is 1. The number of halogens is 1. The van der Waals surface area contributed by atoms with E-state index in [1.807, 2.05) is 0 Å². The lowest BCUT2D eigenvalue weighted by molar-refractivity contribution is -0.123. The molecule has 110 valence electrons. The number of carbonyl (C=O) groups is 2. The van der Waals surface area contributed by atoms with Gasteiger partial charge >= 0.3 is 0 Å². The first kappa shape index (κ1) is 15.1. The van der Waals surface area contributed by atoms with Gasteiger partial charge < -0.3 is 14.5 Å². The first-order chi connectivity index (χ1) is 10.1. The quantitative estimate of drug-likeness (QED) is 0.833. The topological polar surface area (TPSA) is 68.5 Å². The third kappa shape index (κ3) is 4.36. The Bertz CT molecular complexity index is 637. The van der Waals surface area contributed by atoms with Crippen LogP contribution in [0.3, 0.4) is 0 Å². The monoisotopic (exact) mass is 307 g/mol. The Morgan fingerprint density at radius 3 is 2.81 bits per heavy atom. The van der Waals surface area contributed by atoms with Gasteiger partial charge in [0, 0.05) is 5.02 Å². The molecule has 1 aromatic carbocycles. The molecule has 0 aliphatic carbocycles. The van der Waals surface area contributed by atoms with Gasteiger partial charge in [-0.2, -0.15) is 0 Å². The lowest BCUT2D eigenvalue weighted by Gasteiger charge is -2.10. The SMILES string of the molecule is CC(=O)c1cc(Cl)ccc1OCC(=O)NCc1ccco1. The summed E-state index contributed by atoms with van der Waals surface area (Å²) in [5.74, 6) is 0.499. The second-order valence-electron chi connectivity index (χ2n) is 4.34. The predicted molar refractivity (Wildman–Crippen MR) is 77.5 cm³/mol. The summed E-state index contributed by atoms with van der Waals surface area (Å²) in [7, 11) is 0. The van der Waals surface area contributed by atoms with Crippen LogP contribution >= 0.6 is 11.6 Å². The third-order valence-corrected chi connectivity index (χ3v) is 2.95. The van der Waals surface area contributed by atoms with E-state index in [0.717, 1.165) is 0 Å². The number of rotatable bonds is 6. The van der Waals surface area contributed by atoms with Gasteiger partial charge in [-0.3, -0.25) is 9.59 Å². The van der Waals surface area contributed by atoms with Crippen molar-refractivity contribution in [3.05, 3.63) is 52.9 Å². The Kier molecular flexibility index (Phi) is 5.00. The van der Waals surface area contributed by atoms with Crippen LogP contribution in [0.5, 0.6) is 5.75 Å². The smallest absolute Gasteiger partial charge is 0.258 e. The van der Waals surface area contributed by atoms with E-state index in [4.69, 9.17) is 20.8 Å². The summed E-state index contributed by atoms with van der Waals surface area (Å²) >= 11 is 5.83. The van der Waals surface area contributed by atoms with E-state index in [2.05, 4.69) is 5.32 Å². The molecule has 0 saturated carbocycles. The van der Waals surface area contributed by atoms with E-state index in [-0.39, 0.29) is 24.8 Å². The molecule has 0 fully saturated rings. The van der Waals surface area contributed by atoms with E-state index in [0.29, 0.717) is 22.1 Å². The molecule has 5 nitrogen and oxygen atoms in total. The van der Waals surface area contributed by atoms with Gasteiger partial charge in [-0.15, -0.1) is 0 Å². The highest BCUT2D eigenvalue weighted by molar-refractivity contribution is 6.31. The predicted octanol–water partition coefficient (Wildman–Crippen LogP) is 2.83. The number of amides is 1. The first-order valence-electron chi connectivity index (χ1n) is 6.28. The summed E-state index contributed by atoms with van der Waals surface area (Å²) < 4.78 is 10.5. The Labute approximate surface area is 126 Å². The normalized spacial score (nSPS) is 10.2. The fourth-order valence-electron chi connectivity index (χ4n) is 1.70. The standard InChI is InChI=1S/C15H14ClNO4/c1-10(18)13-7-11(16)4-5-14(13)21-9-15(19)17-8-12-3-2-6-20-12/h2-7H,8-9H2,1H3,(H,17,19). The van der Waals surface area contributed by atoms with Gasteiger partial charge in [0.2, 0.25) is 0 Å². The van der Waals surface area contributed by atoms with Gasteiger partial charge in [-0.05, 0) is 37.3 Å². The zero-order chi connectivity index (χ0) is 15.2. The zero-order valence-corrected chi connectivity index (χ0v) is 12.1. The van der Waals surface area contributed by atoms with E-state index in [1.165, 1.54) is 19.3 Å². The summed E-state index contributed by atoms with van der Waals surface area (Å²) in [5.41, 5.74) is 0.348. The average molecular weight is 308 g/mol. The van der Waals surface area contributed by atoms with Gasteiger partial charge in [-0.1, -0.05) is 11.6 Å². The van der Waals surface area contributed by atoms with E-state index < -0.39 is 0 Å². The highest BCUT2D eigenvalue weighted by Gasteiger charge is 2.11. The van der Waals surface area contributed by atoms with Gasteiger partial charge in [0.05, 0.1) is 18.4 Å². The molecule has 0 aliphatic rings. The summed E-state index contributed by atoms with van der Waals surface area (Å²) in [6.07, 6.45) is 1.53. The molecule has 0 spiro atoms. The molecule has 0 bridgehead atoms. The fraction of sp³-hybridized carbons (Fsp3) is 0.200. The number of hydrogen-bond acceptors (Lipinski definition) is 4. The Morgan fingerprint density at radius 2 is 2.14 bits per heavy atom. The lowest BCUT2D eigenvalue weighted by Crippen LogP contribution is -2.28. The number of carbonyl (C=O) groups excluding carboxylic acids is 2. The second-order valence-corrected chi connectivity index (χ2v) is 4.78. The third-order valence-electron chi connectivity index (χ3n) is 2.72. The highest BCUT2D eigenvalue weighted by atomic mass is 35.5. The van der Waals surface area contributed by atoms with Crippen LogP contribution < -0.4 is 10.1 Å². The minimum absolute atomic E-state index is 0.177. The fourth-order valence-corrected chi connectivity index (χ4v) is 1.87. The molecule has 0 saturated heterocycles. The number of ether oxygens (including phenoxy) is 1. The Morgan fingerprint density at radius 1 is 1.33 bits per heavy atom. The molecule has 2 aromatic rings.